The number of para-hydroxylation sites is 1. The van der Waals surface area contributed by atoms with Crippen molar-refractivity contribution in [2.75, 3.05) is 7.11 Å². The molecule has 0 spiro atoms. The van der Waals surface area contributed by atoms with Crippen molar-refractivity contribution < 1.29 is 9.16 Å². The summed E-state index contributed by atoms with van der Waals surface area (Å²) in [5.41, 5.74) is 3.00. The van der Waals surface area contributed by atoms with E-state index < -0.39 is 9.04 Å². The van der Waals surface area contributed by atoms with Gasteiger partial charge in [-0.15, -0.1) is 0 Å². The molecule has 0 atom stereocenters. The molecule has 0 bridgehead atoms. The Labute approximate surface area is 130 Å². The van der Waals surface area contributed by atoms with Gasteiger partial charge in [0, 0.05) is 5.56 Å². The van der Waals surface area contributed by atoms with Crippen LogP contribution in [0.4, 0.5) is 0 Å². The van der Waals surface area contributed by atoms with Crippen LogP contribution in [-0.4, -0.2) is 16.2 Å². The summed E-state index contributed by atoms with van der Waals surface area (Å²) in [5.74, 6) is 0.969. The molecule has 1 radical (unpaired) electrons. The summed E-state index contributed by atoms with van der Waals surface area (Å²) in [6.07, 6.45) is 11.3. The fraction of sp³-hybridized carbons (Fsp3) is 0.667. The minimum Gasteiger partial charge on any atom is -0.496 e. The molecule has 0 aliphatic heterocycles. The molecular weight excluding hydrogens is 276 g/mol. The minimum absolute atomic E-state index is 0.678. The van der Waals surface area contributed by atoms with Gasteiger partial charge in [0.25, 0.3) is 0 Å². The highest BCUT2D eigenvalue weighted by atomic mass is 28.3. The first kappa shape index (κ1) is 15.1. The molecule has 0 heterocycles. The SMILES string of the molecule is COc1ccccc1CO[Si](C1CCCC1)C1CCCC1. The second-order valence-corrected chi connectivity index (χ2v) is 9.19. The highest BCUT2D eigenvalue weighted by Crippen LogP contribution is 2.44. The summed E-state index contributed by atoms with van der Waals surface area (Å²) in [6.45, 7) is 0.741. The molecule has 21 heavy (non-hydrogen) atoms. The van der Waals surface area contributed by atoms with E-state index >= 15 is 0 Å². The Kier molecular flexibility index (Phi) is 5.36. The van der Waals surface area contributed by atoms with Gasteiger partial charge >= 0.3 is 0 Å². The average molecular weight is 303 g/mol. The number of hydrogen-bond donors (Lipinski definition) is 0. The van der Waals surface area contributed by atoms with Gasteiger partial charge in [-0.25, -0.2) is 0 Å². The summed E-state index contributed by atoms with van der Waals surface area (Å²) < 4.78 is 12.0. The molecule has 3 heteroatoms. The van der Waals surface area contributed by atoms with Gasteiger partial charge in [-0.05, 0) is 17.1 Å². The monoisotopic (exact) mass is 303 g/mol. The van der Waals surface area contributed by atoms with Crippen molar-refractivity contribution in [1.82, 2.24) is 0 Å². The Morgan fingerprint density at radius 2 is 1.52 bits per heavy atom. The Morgan fingerprint density at radius 1 is 0.952 bits per heavy atom. The lowest BCUT2D eigenvalue weighted by molar-refractivity contribution is 0.282. The third-order valence-electron chi connectivity index (χ3n) is 5.10. The molecule has 0 amide bonds. The Balaban J connectivity index is 1.66. The van der Waals surface area contributed by atoms with E-state index in [1.807, 2.05) is 12.1 Å². The molecule has 0 N–H and O–H groups in total. The Morgan fingerprint density at radius 3 is 2.10 bits per heavy atom. The smallest absolute Gasteiger partial charge is 0.218 e. The molecule has 1 aromatic rings. The van der Waals surface area contributed by atoms with Gasteiger partial charge in [0.2, 0.25) is 9.04 Å². The highest BCUT2D eigenvalue weighted by molar-refractivity contribution is 6.55. The predicted octanol–water partition coefficient (Wildman–Crippen LogP) is 5.09. The van der Waals surface area contributed by atoms with E-state index in [2.05, 4.69) is 12.1 Å². The lowest BCUT2D eigenvalue weighted by Gasteiger charge is -2.27. The fourth-order valence-corrected chi connectivity index (χ4v) is 7.39. The van der Waals surface area contributed by atoms with Gasteiger partial charge < -0.3 is 9.16 Å². The van der Waals surface area contributed by atoms with Crippen LogP contribution in [0.15, 0.2) is 24.3 Å². The van der Waals surface area contributed by atoms with E-state index in [9.17, 15) is 0 Å². The Hall–Kier alpha value is -0.803. The second-order valence-electron chi connectivity index (χ2n) is 6.47. The predicted molar refractivity (Wildman–Crippen MR) is 88.0 cm³/mol. The van der Waals surface area contributed by atoms with E-state index in [4.69, 9.17) is 9.16 Å². The molecule has 0 unspecified atom stereocenters. The van der Waals surface area contributed by atoms with E-state index in [1.165, 1.54) is 56.9 Å². The van der Waals surface area contributed by atoms with Crippen LogP contribution < -0.4 is 4.74 Å². The van der Waals surface area contributed by atoms with Crippen molar-refractivity contribution in [2.45, 2.75) is 69.1 Å². The standard InChI is InChI=1S/C18H27O2Si/c1-19-18-13-7-2-8-15(18)14-20-21(16-9-3-4-10-16)17-11-5-6-12-17/h2,7-8,13,16-17H,3-6,9-12,14H2,1H3. The van der Waals surface area contributed by atoms with Crippen LogP contribution in [0, 0.1) is 0 Å². The van der Waals surface area contributed by atoms with Crippen molar-refractivity contribution in [3.05, 3.63) is 29.8 Å². The highest BCUT2D eigenvalue weighted by Gasteiger charge is 2.36. The molecular formula is C18H27O2Si. The number of ether oxygens (including phenoxy) is 1. The normalized spacial score (nSPS) is 20.5. The maximum atomic E-state index is 6.56. The molecule has 3 rings (SSSR count). The van der Waals surface area contributed by atoms with E-state index in [0.29, 0.717) is 0 Å². The summed E-state index contributed by atoms with van der Waals surface area (Å²) in [5, 5.41) is 0. The molecule has 2 fully saturated rings. The van der Waals surface area contributed by atoms with Crippen molar-refractivity contribution in [1.29, 1.82) is 0 Å². The van der Waals surface area contributed by atoms with Gasteiger partial charge in [-0.2, -0.15) is 0 Å². The second kappa shape index (κ2) is 7.46. The van der Waals surface area contributed by atoms with Crippen LogP contribution in [0.3, 0.4) is 0 Å². The third kappa shape index (κ3) is 3.70. The molecule has 2 nitrogen and oxygen atoms in total. The van der Waals surface area contributed by atoms with E-state index in [-0.39, 0.29) is 0 Å². The van der Waals surface area contributed by atoms with Crippen molar-refractivity contribution in [3.8, 4) is 5.75 Å². The van der Waals surface area contributed by atoms with Crippen LogP contribution >= 0.6 is 0 Å². The van der Waals surface area contributed by atoms with Crippen LogP contribution in [-0.2, 0) is 11.0 Å². The topological polar surface area (TPSA) is 18.5 Å². The first-order chi connectivity index (χ1) is 10.4. The zero-order chi connectivity index (χ0) is 14.5. The molecule has 0 saturated heterocycles. The minimum atomic E-state index is -0.678. The molecule has 0 aromatic heterocycles. The summed E-state index contributed by atoms with van der Waals surface area (Å²) in [4.78, 5) is 0. The van der Waals surface area contributed by atoms with E-state index in [0.717, 1.165) is 23.4 Å². The molecule has 2 saturated carbocycles. The zero-order valence-electron chi connectivity index (χ0n) is 13.1. The lowest BCUT2D eigenvalue weighted by Crippen LogP contribution is -2.28. The zero-order valence-corrected chi connectivity index (χ0v) is 14.1. The van der Waals surface area contributed by atoms with Gasteiger partial charge in [0.05, 0.1) is 13.7 Å². The lowest BCUT2D eigenvalue weighted by atomic mass is 10.2. The van der Waals surface area contributed by atoms with Crippen LogP contribution in [0.25, 0.3) is 0 Å². The van der Waals surface area contributed by atoms with Gasteiger partial charge in [-0.1, -0.05) is 69.6 Å². The average Bonchev–Trinajstić information content (AvgIpc) is 3.22. The van der Waals surface area contributed by atoms with Crippen LogP contribution in [0.1, 0.15) is 56.9 Å². The summed E-state index contributed by atoms with van der Waals surface area (Å²) >= 11 is 0. The van der Waals surface area contributed by atoms with E-state index in [1.54, 1.807) is 7.11 Å². The number of methoxy groups -OCH3 is 1. The summed E-state index contributed by atoms with van der Waals surface area (Å²) in [7, 11) is 1.07. The maximum Gasteiger partial charge on any atom is 0.218 e. The first-order valence-electron chi connectivity index (χ1n) is 8.50. The van der Waals surface area contributed by atoms with Gasteiger partial charge in [0.15, 0.2) is 0 Å². The number of benzene rings is 1. The van der Waals surface area contributed by atoms with Gasteiger partial charge in [-0.3, -0.25) is 0 Å². The molecule has 2 aliphatic carbocycles. The van der Waals surface area contributed by atoms with Crippen LogP contribution in [0.2, 0.25) is 11.1 Å². The van der Waals surface area contributed by atoms with Crippen molar-refractivity contribution in [2.24, 2.45) is 0 Å². The largest absolute Gasteiger partial charge is 0.496 e. The van der Waals surface area contributed by atoms with Crippen LogP contribution in [0.5, 0.6) is 5.75 Å². The molecule has 115 valence electrons. The molecule has 2 aliphatic rings. The third-order valence-corrected chi connectivity index (χ3v) is 8.34. The van der Waals surface area contributed by atoms with Crippen molar-refractivity contribution in [3.63, 3.8) is 0 Å². The Bertz CT molecular complexity index is 421. The number of rotatable bonds is 6. The van der Waals surface area contributed by atoms with Crippen molar-refractivity contribution >= 4 is 9.04 Å². The molecule has 1 aromatic carbocycles. The maximum absolute atomic E-state index is 6.56. The quantitative estimate of drug-likeness (QED) is 0.681. The fourth-order valence-electron chi connectivity index (χ4n) is 3.97. The first-order valence-corrected chi connectivity index (χ1v) is 10.1. The van der Waals surface area contributed by atoms with Gasteiger partial charge in [0.1, 0.15) is 5.75 Å². The summed E-state index contributed by atoms with van der Waals surface area (Å²) in [6, 6.07) is 8.29. The number of hydrogen-bond acceptors (Lipinski definition) is 2.